The maximum atomic E-state index is 13.3. The molecule has 2 unspecified atom stereocenters. The van der Waals surface area contributed by atoms with Crippen LogP contribution in [0.3, 0.4) is 0 Å². The maximum absolute atomic E-state index is 13.3. The number of amides is 1. The molecule has 0 aromatic heterocycles. The van der Waals surface area contributed by atoms with Gasteiger partial charge in [0.15, 0.2) is 0 Å². The van der Waals surface area contributed by atoms with Gasteiger partial charge in [-0.2, -0.15) is 0 Å². The number of aliphatic carboxylic acids is 1. The van der Waals surface area contributed by atoms with Gasteiger partial charge in [0.2, 0.25) is 5.91 Å². The topological polar surface area (TPSA) is 57.6 Å². The Kier molecular flexibility index (Phi) is 5.79. The van der Waals surface area contributed by atoms with Gasteiger partial charge in [0, 0.05) is 18.5 Å². The number of benzene rings is 1. The Labute approximate surface area is 143 Å². The molecule has 2 atom stereocenters. The largest absolute Gasteiger partial charge is 0.481 e. The smallest absolute Gasteiger partial charge is 0.308 e. The lowest BCUT2D eigenvalue weighted by molar-refractivity contribution is -0.144. The van der Waals surface area contributed by atoms with E-state index in [1.54, 1.807) is 24.0 Å². The van der Waals surface area contributed by atoms with Crippen LogP contribution in [0.25, 0.3) is 0 Å². The van der Waals surface area contributed by atoms with Gasteiger partial charge in [-0.1, -0.05) is 19.9 Å². The van der Waals surface area contributed by atoms with Crippen LogP contribution >= 0.6 is 15.9 Å². The van der Waals surface area contributed by atoms with Crippen molar-refractivity contribution in [1.29, 1.82) is 0 Å². The summed E-state index contributed by atoms with van der Waals surface area (Å²) in [5, 5.41) is 9.07. The molecule has 0 saturated heterocycles. The Hall–Kier alpha value is -1.43. The molecule has 1 aliphatic carbocycles. The first-order chi connectivity index (χ1) is 10.8. The SMILES string of the molecule is CC(CN(C(=O)C(C)Cc1ccc(F)c(Br)c1)C1CC1)C(=O)O. The molecule has 1 aliphatic rings. The molecule has 2 rings (SSSR count). The van der Waals surface area contributed by atoms with E-state index in [0.717, 1.165) is 18.4 Å². The summed E-state index contributed by atoms with van der Waals surface area (Å²) in [6.07, 6.45) is 2.38. The number of nitrogens with zero attached hydrogens (tertiary/aromatic N) is 1. The molecule has 126 valence electrons. The molecular formula is C17H21BrFNO3. The van der Waals surface area contributed by atoms with Crippen LogP contribution in [0.4, 0.5) is 4.39 Å². The van der Waals surface area contributed by atoms with Crippen molar-refractivity contribution in [3.8, 4) is 0 Å². The Morgan fingerprint density at radius 1 is 1.35 bits per heavy atom. The molecule has 0 heterocycles. The first-order valence-corrected chi connectivity index (χ1v) is 8.56. The Bertz CT molecular complexity index is 604. The summed E-state index contributed by atoms with van der Waals surface area (Å²) in [6, 6.07) is 4.90. The molecule has 0 aliphatic heterocycles. The molecule has 1 aromatic rings. The van der Waals surface area contributed by atoms with Crippen molar-refractivity contribution < 1.29 is 19.1 Å². The third-order valence-corrected chi connectivity index (χ3v) is 4.72. The van der Waals surface area contributed by atoms with Crippen molar-refractivity contribution in [1.82, 2.24) is 4.90 Å². The summed E-state index contributed by atoms with van der Waals surface area (Å²) in [6.45, 7) is 3.70. The predicted octanol–water partition coefficient (Wildman–Crippen LogP) is 3.48. The van der Waals surface area contributed by atoms with Gasteiger partial charge in [-0.05, 0) is 52.9 Å². The first kappa shape index (κ1) is 17.9. The minimum atomic E-state index is -0.890. The molecule has 1 fully saturated rings. The number of rotatable bonds is 7. The number of carbonyl (C=O) groups is 2. The third-order valence-electron chi connectivity index (χ3n) is 4.11. The molecule has 4 nitrogen and oxygen atoms in total. The number of carboxylic acid groups (broad SMARTS) is 1. The van der Waals surface area contributed by atoms with Gasteiger partial charge in [-0.15, -0.1) is 0 Å². The minimum absolute atomic E-state index is 0.0268. The summed E-state index contributed by atoms with van der Waals surface area (Å²) in [5.74, 6) is -2.09. The third kappa shape index (κ3) is 4.77. The summed E-state index contributed by atoms with van der Waals surface area (Å²) in [5.41, 5.74) is 0.876. The van der Waals surface area contributed by atoms with Gasteiger partial charge < -0.3 is 10.0 Å². The van der Waals surface area contributed by atoms with Crippen LogP contribution in [0.1, 0.15) is 32.3 Å². The average Bonchev–Trinajstić information content (AvgIpc) is 3.32. The number of carboxylic acids is 1. The van der Waals surface area contributed by atoms with Crippen LogP contribution in [0.5, 0.6) is 0 Å². The second-order valence-corrected chi connectivity index (χ2v) is 7.17. The maximum Gasteiger partial charge on any atom is 0.308 e. The zero-order chi connectivity index (χ0) is 17.1. The molecule has 1 aromatic carbocycles. The van der Waals surface area contributed by atoms with E-state index in [1.165, 1.54) is 6.07 Å². The second-order valence-electron chi connectivity index (χ2n) is 6.31. The zero-order valence-electron chi connectivity index (χ0n) is 13.3. The zero-order valence-corrected chi connectivity index (χ0v) is 14.8. The lowest BCUT2D eigenvalue weighted by atomic mass is 9.99. The van der Waals surface area contributed by atoms with Crippen LogP contribution in [0.15, 0.2) is 22.7 Å². The Balaban J connectivity index is 2.03. The lowest BCUT2D eigenvalue weighted by Crippen LogP contribution is -2.41. The van der Waals surface area contributed by atoms with Crippen molar-refractivity contribution in [2.45, 2.75) is 39.2 Å². The van der Waals surface area contributed by atoms with Gasteiger partial charge in [0.25, 0.3) is 0 Å². The van der Waals surface area contributed by atoms with E-state index in [4.69, 9.17) is 5.11 Å². The fraction of sp³-hybridized carbons (Fsp3) is 0.529. The molecule has 23 heavy (non-hydrogen) atoms. The van der Waals surface area contributed by atoms with E-state index in [1.807, 2.05) is 6.92 Å². The fourth-order valence-electron chi connectivity index (χ4n) is 2.57. The first-order valence-electron chi connectivity index (χ1n) is 7.76. The monoisotopic (exact) mass is 385 g/mol. The lowest BCUT2D eigenvalue weighted by Gasteiger charge is -2.27. The number of carbonyl (C=O) groups excluding carboxylic acids is 1. The molecule has 1 amide bonds. The minimum Gasteiger partial charge on any atom is -0.481 e. The summed E-state index contributed by atoms with van der Waals surface area (Å²) in [4.78, 5) is 25.4. The van der Waals surface area contributed by atoms with E-state index in [0.29, 0.717) is 10.9 Å². The highest BCUT2D eigenvalue weighted by atomic mass is 79.9. The van der Waals surface area contributed by atoms with Crippen molar-refractivity contribution >= 4 is 27.8 Å². The van der Waals surface area contributed by atoms with Crippen LogP contribution in [0.2, 0.25) is 0 Å². The molecule has 0 radical (unpaired) electrons. The average molecular weight is 386 g/mol. The van der Waals surface area contributed by atoms with Crippen LogP contribution in [-0.4, -0.2) is 34.5 Å². The van der Waals surface area contributed by atoms with Gasteiger partial charge in [-0.25, -0.2) is 4.39 Å². The van der Waals surface area contributed by atoms with E-state index in [-0.39, 0.29) is 30.2 Å². The second kappa shape index (κ2) is 7.43. The summed E-state index contributed by atoms with van der Waals surface area (Å²) < 4.78 is 13.7. The number of halogens is 2. The molecule has 1 saturated carbocycles. The van der Waals surface area contributed by atoms with Gasteiger partial charge in [0.1, 0.15) is 5.82 Å². The van der Waals surface area contributed by atoms with Gasteiger partial charge >= 0.3 is 5.97 Å². The van der Waals surface area contributed by atoms with E-state index in [9.17, 15) is 14.0 Å². The highest BCUT2D eigenvalue weighted by molar-refractivity contribution is 9.10. The predicted molar refractivity (Wildman–Crippen MR) is 88.5 cm³/mol. The van der Waals surface area contributed by atoms with Crippen LogP contribution in [-0.2, 0) is 16.0 Å². The van der Waals surface area contributed by atoms with Crippen molar-refractivity contribution in [3.05, 3.63) is 34.1 Å². The molecule has 0 spiro atoms. The van der Waals surface area contributed by atoms with Crippen molar-refractivity contribution in [2.24, 2.45) is 11.8 Å². The quantitative estimate of drug-likeness (QED) is 0.781. The van der Waals surface area contributed by atoms with E-state index >= 15 is 0 Å². The molecular weight excluding hydrogens is 365 g/mol. The van der Waals surface area contributed by atoms with E-state index < -0.39 is 11.9 Å². The van der Waals surface area contributed by atoms with E-state index in [2.05, 4.69) is 15.9 Å². The highest BCUT2D eigenvalue weighted by Gasteiger charge is 2.36. The summed E-state index contributed by atoms with van der Waals surface area (Å²) in [7, 11) is 0. The van der Waals surface area contributed by atoms with Crippen molar-refractivity contribution in [3.63, 3.8) is 0 Å². The molecule has 6 heteroatoms. The summed E-state index contributed by atoms with van der Waals surface area (Å²) >= 11 is 3.15. The Morgan fingerprint density at radius 3 is 2.52 bits per heavy atom. The molecule has 1 N–H and O–H groups in total. The normalized spacial score (nSPS) is 16.7. The van der Waals surface area contributed by atoms with Crippen molar-refractivity contribution in [2.75, 3.05) is 6.54 Å². The van der Waals surface area contributed by atoms with Gasteiger partial charge in [-0.3, -0.25) is 9.59 Å². The number of hydrogen-bond acceptors (Lipinski definition) is 2. The van der Waals surface area contributed by atoms with Crippen LogP contribution < -0.4 is 0 Å². The Morgan fingerprint density at radius 2 is 2.00 bits per heavy atom. The standard InChI is InChI=1S/C17H21BrFNO3/c1-10(7-12-3-6-15(19)14(18)8-12)16(21)20(13-4-5-13)9-11(2)17(22)23/h3,6,8,10-11,13H,4-5,7,9H2,1-2H3,(H,22,23). The van der Waals surface area contributed by atoms with Crippen LogP contribution in [0, 0.1) is 17.7 Å². The number of hydrogen-bond donors (Lipinski definition) is 1. The highest BCUT2D eigenvalue weighted by Crippen LogP contribution is 2.30. The fourth-order valence-corrected chi connectivity index (χ4v) is 3.00. The molecule has 0 bridgehead atoms. The van der Waals surface area contributed by atoms with Gasteiger partial charge in [0.05, 0.1) is 10.4 Å².